The molecule has 1 aliphatic carbocycles. The van der Waals surface area contributed by atoms with E-state index in [0.29, 0.717) is 0 Å². The van der Waals surface area contributed by atoms with Crippen LogP contribution in [0.25, 0.3) is 0 Å². The highest BCUT2D eigenvalue weighted by Gasteiger charge is 2.42. The maximum absolute atomic E-state index is 10.6. The fraction of sp³-hybridized carbons (Fsp3) is 0.889. The molecule has 0 radical (unpaired) electrons. The van der Waals surface area contributed by atoms with Crippen molar-refractivity contribution in [1.29, 1.82) is 0 Å². The Morgan fingerprint density at radius 3 is 2.27 bits per heavy atom. The monoisotopic (exact) mass is 155 g/mol. The molecule has 0 unspecified atom stereocenters. The van der Waals surface area contributed by atoms with Crippen LogP contribution >= 0.6 is 0 Å². The lowest BCUT2D eigenvalue weighted by atomic mass is 10.1. The number of aldehydes is 1. The molecular formula is C9H17NO. The smallest absolute Gasteiger partial charge is 0.127 e. The molecule has 1 saturated carbocycles. The second kappa shape index (κ2) is 2.59. The summed E-state index contributed by atoms with van der Waals surface area (Å²) in [6, 6.07) is 0. The van der Waals surface area contributed by atoms with Crippen molar-refractivity contribution in [3.05, 3.63) is 0 Å². The lowest BCUT2D eigenvalue weighted by molar-refractivity contribution is -0.112. The molecule has 0 heterocycles. The summed E-state index contributed by atoms with van der Waals surface area (Å²) in [5, 5.41) is 3.34. The first-order valence-electron chi connectivity index (χ1n) is 4.19. The van der Waals surface area contributed by atoms with Crippen LogP contribution in [0.5, 0.6) is 0 Å². The number of hydrogen-bond acceptors (Lipinski definition) is 2. The van der Waals surface area contributed by atoms with Crippen molar-refractivity contribution in [3.63, 3.8) is 0 Å². The standard InChI is InChI=1S/C9H17NO/c1-8(2,3)10-6-9(7-11)4-5-9/h7,10H,4-6H2,1-3H3. The minimum absolute atomic E-state index is 0.00722. The number of nitrogens with one attached hydrogen (secondary N) is 1. The van der Waals surface area contributed by atoms with Crippen LogP contribution in [0.4, 0.5) is 0 Å². The number of carbonyl (C=O) groups excluding carboxylic acids is 1. The van der Waals surface area contributed by atoms with Crippen LogP contribution < -0.4 is 5.32 Å². The molecule has 0 aromatic rings. The van der Waals surface area contributed by atoms with E-state index in [1.54, 1.807) is 0 Å². The molecule has 0 amide bonds. The van der Waals surface area contributed by atoms with E-state index in [1.807, 2.05) is 0 Å². The fourth-order valence-electron chi connectivity index (χ4n) is 0.938. The highest BCUT2D eigenvalue weighted by molar-refractivity contribution is 5.63. The summed E-state index contributed by atoms with van der Waals surface area (Å²) in [6.45, 7) is 7.20. The van der Waals surface area contributed by atoms with Crippen LogP contribution in [0.15, 0.2) is 0 Å². The van der Waals surface area contributed by atoms with Gasteiger partial charge in [-0.1, -0.05) is 0 Å². The highest BCUT2D eigenvalue weighted by atomic mass is 16.1. The maximum Gasteiger partial charge on any atom is 0.127 e. The Hall–Kier alpha value is -0.370. The van der Waals surface area contributed by atoms with Gasteiger partial charge in [0.2, 0.25) is 0 Å². The second-order valence-electron chi connectivity index (χ2n) is 4.58. The van der Waals surface area contributed by atoms with E-state index in [2.05, 4.69) is 26.1 Å². The molecule has 1 fully saturated rings. The van der Waals surface area contributed by atoms with Crippen molar-refractivity contribution in [2.24, 2.45) is 5.41 Å². The summed E-state index contributed by atoms with van der Waals surface area (Å²) < 4.78 is 0. The zero-order valence-electron chi connectivity index (χ0n) is 7.61. The molecular weight excluding hydrogens is 138 g/mol. The average Bonchev–Trinajstić information content (AvgIpc) is 2.63. The van der Waals surface area contributed by atoms with Crippen LogP contribution in [0.1, 0.15) is 33.6 Å². The van der Waals surface area contributed by atoms with Crippen molar-refractivity contribution in [1.82, 2.24) is 5.32 Å². The Bertz CT molecular complexity index is 153. The van der Waals surface area contributed by atoms with Crippen LogP contribution in [0, 0.1) is 5.41 Å². The summed E-state index contributed by atoms with van der Waals surface area (Å²) in [4.78, 5) is 10.6. The molecule has 2 heteroatoms. The number of hydrogen-bond donors (Lipinski definition) is 1. The Balaban J connectivity index is 2.27. The topological polar surface area (TPSA) is 29.1 Å². The number of rotatable bonds is 3. The summed E-state index contributed by atoms with van der Waals surface area (Å²) in [6.07, 6.45) is 3.24. The molecule has 11 heavy (non-hydrogen) atoms. The second-order valence-corrected chi connectivity index (χ2v) is 4.58. The van der Waals surface area contributed by atoms with E-state index in [0.717, 1.165) is 25.7 Å². The SMILES string of the molecule is CC(C)(C)NCC1(C=O)CC1. The van der Waals surface area contributed by atoms with E-state index >= 15 is 0 Å². The van der Waals surface area contributed by atoms with Gasteiger partial charge in [-0.05, 0) is 33.6 Å². The van der Waals surface area contributed by atoms with Gasteiger partial charge in [0.15, 0.2) is 0 Å². The van der Waals surface area contributed by atoms with Gasteiger partial charge >= 0.3 is 0 Å². The van der Waals surface area contributed by atoms with Crippen molar-refractivity contribution in [3.8, 4) is 0 Å². The largest absolute Gasteiger partial charge is 0.311 e. The van der Waals surface area contributed by atoms with Crippen LogP contribution in [0.2, 0.25) is 0 Å². The molecule has 0 bridgehead atoms. The Morgan fingerprint density at radius 1 is 1.45 bits per heavy atom. The van der Waals surface area contributed by atoms with Crippen molar-refractivity contribution in [2.45, 2.75) is 39.2 Å². The first-order chi connectivity index (χ1) is 4.97. The molecule has 2 nitrogen and oxygen atoms in total. The fourth-order valence-corrected chi connectivity index (χ4v) is 0.938. The zero-order chi connectivity index (χ0) is 8.54. The molecule has 0 spiro atoms. The molecule has 1 aliphatic rings. The molecule has 0 saturated heterocycles. The van der Waals surface area contributed by atoms with Crippen molar-refractivity contribution in [2.75, 3.05) is 6.54 Å². The van der Waals surface area contributed by atoms with Crippen LogP contribution in [-0.2, 0) is 4.79 Å². The minimum Gasteiger partial charge on any atom is -0.311 e. The van der Waals surface area contributed by atoms with Gasteiger partial charge < -0.3 is 10.1 Å². The Kier molecular flexibility index (Phi) is 2.06. The molecule has 0 aromatic heterocycles. The summed E-state index contributed by atoms with van der Waals surface area (Å²) >= 11 is 0. The first kappa shape index (κ1) is 8.72. The predicted molar refractivity (Wildman–Crippen MR) is 45.5 cm³/mol. The minimum atomic E-state index is 0.00722. The summed E-state index contributed by atoms with van der Waals surface area (Å²) in [5.74, 6) is 0. The summed E-state index contributed by atoms with van der Waals surface area (Å²) in [7, 11) is 0. The van der Waals surface area contributed by atoms with Gasteiger partial charge in [0.05, 0.1) is 0 Å². The lowest BCUT2D eigenvalue weighted by Crippen LogP contribution is -2.40. The van der Waals surface area contributed by atoms with E-state index in [9.17, 15) is 4.79 Å². The maximum atomic E-state index is 10.6. The molecule has 0 aliphatic heterocycles. The van der Waals surface area contributed by atoms with Crippen LogP contribution in [-0.4, -0.2) is 18.4 Å². The van der Waals surface area contributed by atoms with E-state index in [-0.39, 0.29) is 11.0 Å². The van der Waals surface area contributed by atoms with Gasteiger partial charge in [-0.15, -0.1) is 0 Å². The quantitative estimate of drug-likeness (QED) is 0.623. The van der Waals surface area contributed by atoms with E-state index < -0.39 is 0 Å². The van der Waals surface area contributed by atoms with Gasteiger partial charge in [-0.25, -0.2) is 0 Å². The normalized spacial score (nSPS) is 21.4. The molecule has 0 aromatic carbocycles. The zero-order valence-corrected chi connectivity index (χ0v) is 7.61. The lowest BCUT2D eigenvalue weighted by Gasteiger charge is -2.22. The van der Waals surface area contributed by atoms with Gasteiger partial charge in [0.1, 0.15) is 6.29 Å². The predicted octanol–water partition coefficient (Wildman–Crippen LogP) is 1.35. The Labute approximate surface area is 68.4 Å². The number of carbonyl (C=O) groups is 1. The average molecular weight is 155 g/mol. The van der Waals surface area contributed by atoms with Crippen molar-refractivity contribution >= 4 is 6.29 Å². The third-order valence-electron chi connectivity index (χ3n) is 2.11. The van der Waals surface area contributed by atoms with Crippen molar-refractivity contribution < 1.29 is 4.79 Å². The van der Waals surface area contributed by atoms with Gasteiger partial charge in [0.25, 0.3) is 0 Å². The van der Waals surface area contributed by atoms with Gasteiger partial charge in [0, 0.05) is 17.5 Å². The van der Waals surface area contributed by atoms with Crippen LogP contribution in [0.3, 0.4) is 0 Å². The third-order valence-corrected chi connectivity index (χ3v) is 2.11. The summed E-state index contributed by atoms with van der Waals surface area (Å²) in [5.41, 5.74) is 0.145. The first-order valence-corrected chi connectivity index (χ1v) is 4.19. The van der Waals surface area contributed by atoms with E-state index in [4.69, 9.17) is 0 Å². The molecule has 0 atom stereocenters. The molecule has 1 rings (SSSR count). The van der Waals surface area contributed by atoms with E-state index in [1.165, 1.54) is 0 Å². The van der Waals surface area contributed by atoms with Gasteiger partial charge in [-0.2, -0.15) is 0 Å². The highest BCUT2D eigenvalue weighted by Crippen LogP contribution is 2.42. The molecule has 1 N–H and O–H groups in total. The molecule has 64 valence electrons. The Morgan fingerprint density at radius 2 is 2.00 bits per heavy atom. The third kappa shape index (κ3) is 2.62. The van der Waals surface area contributed by atoms with Gasteiger partial charge in [-0.3, -0.25) is 0 Å².